The lowest BCUT2D eigenvalue weighted by molar-refractivity contribution is -0.274. The molecule has 2 aromatic heterocycles. The molecule has 0 unspecified atom stereocenters. The summed E-state index contributed by atoms with van der Waals surface area (Å²) >= 11 is 0.970. The van der Waals surface area contributed by atoms with Gasteiger partial charge in [0, 0.05) is 6.20 Å². The number of hydrogen-bond acceptors (Lipinski definition) is 7. The zero-order valence-corrected chi connectivity index (χ0v) is 14.3. The zero-order chi connectivity index (χ0) is 18.8. The number of pyridine rings is 1. The molecule has 0 aliphatic heterocycles. The average molecular weight is 402 g/mol. The number of aromatic nitrogens is 3. The molecule has 1 aromatic carbocycles. The fraction of sp³-hybridized carbons (Fsp3) is 0.0714. The number of rotatable bonds is 5. The van der Waals surface area contributed by atoms with Crippen LogP contribution < -0.4 is 9.46 Å². The molecule has 0 aliphatic rings. The largest absolute Gasteiger partial charge is 0.573 e. The second-order valence-electron chi connectivity index (χ2n) is 4.75. The third-order valence-electron chi connectivity index (χ3n) is 2.90. The second-order valence-corrected chi connectivity index (χ2v) is 7.41. The normalized spacial score (nSPS) is 12.0. The number of halogens is 3. The summed E-state index contributed by atoms with van der Waals surface area (Å²) in [5.74, 6) is -0.523. The molecule has 3 rings (SSSR count). The minimum Gasteiger partial charge on any atom is -0.406 e. The number of benzene rings is 1. The second kappa shape index (κ2) is 6.88. The van der Waals surface area contributed by atoms with Crippen molar-refractivity contribution < 1.29 is 26.3 Å². The summed E-state index contributed by atoms with van der Waals surface area (Å²) in [7, 11) is -4.04. The first kappa shape index (κ1) is 18.1. The molecule has 0 amide bonds. The van der Waals surface area contributed by atoms with Gasteiger partial charge in [-0.15, -0.1) is 23.4 Å². The van der Waals surface area contributed by atoms with Crippen LogP contribution in [0.3, 0.4) is 0 Å². The van der Waals surface area contributed by atoms with E-state index in [1.165, 1.54) is 0 Å². The van der Waals surface area contributed by atoms with Crippen molar-refractivity contribution in [2.75, 3.05) is 4.72 Å². The molecule has 0 saturated carbocycles. The zero-order valence-electron chi connectivity index (χ0n) is 12.6. The summed E-state index contributed by atoms with van der Waals surface area (Å²) in [6, 6.07) is 8.95. The smallest absolute Gasteiger partial charge is 0.406 e. The van der Waals surface area contributed by atoms with Gasteiger partial charge in [0.1, 0.15) is 11.4 Å². The van der Waals surface area contributed by atoms with Crippen molar-refractivity contribution in [1.29, 1.82) is 0 Å². The van der Waals surface area contributed by atoms with Crippen molar-refractivity contribution in [3.8, 4) is 16.5 Å². The fourth-order valence-corrected chi connectivity index (χ4v) is 3.80. The highest BCUT2D eigenvalue weighted by atomic mass is 32.2. The van der Waals surface area contributed by atoms with E-state index in [1.807, 2.05) is 0 Å². The maximum atomic E-state index is 12.3. The lowest BCUT2D eigenvalue weighted by Crippen LogP contribution is -2.17. The minimum absolute atomic E-state index is 0.00118. The summed E-state index contributed by atoms with van der Waals surface area (Å²) in [5.41, 5.74) is 0.532. The Bertz CT molecular complexity index is 990. The van der Waals surface area contributed by atoms with E-state index >= 15 is 0 Å². The van der Waals surface area contributed by atoms with E-state index in [1.54, 1.807) is 24.4 Å². The van der Waals surface area contributed by atoms with E-state index in [2.05, 4.69) is 24.6 Å². The Balaban J connectivity index is 1.76. The van der Waals surface area contributed by atoms with Crippen LogP contribution in [0.25, 0.3) is 10.7 Å². The minimum atomic E-state index is -4.85. The van der Waals surface area contributed by atoms with Gasteiger partial charge in [-0.25, -0.2) is 8.42 Å². The lowest BCUT2D eigenvalue weighted by atomic mass is 10.3. The highest BCUT2D eigenvalue weighted by molar-refractivity contribution is 7.93. The number of nitrogens with one attached hydrogen (secondary N) is 1. The van der Waals surface area contributed by atoms with Gasteiger partial charge in [-0.05, 0) is 36.4 Å². The highest BCUT2D eigenvalue weighted by Gasteiger charge is 2.31. The first-order valence-corrected chi connectivity index (χ1v) is 9.16. The van der Waals surface area contributed by atoms with Gasteiger partial charge < -0.3 is 4.74 Å². The molecule has 0 spiro atoms. The molecule has 2 heterocycles. The first-order chi connectivity index (χ1) is 12.2. The van der Waals surface area contributed by atoms with Crippen LogP contribution in [0.1, 0.15) is 0 Å². The molecule has 0 radical (unpaired) electrons. The molecule has 12 heteroatoms. The molecule has 0 fully saturated rings. The number of alkyl halides is 3. The quantitative estimate of drug-likeness (QED) is 0.704. The number of hydrogen-bond donors (Lipinski definition) is 1. The molecule has 26 heavy (non-hydrogen) atoms. The summed E-state index contributed by atoms with van der Waals surface area (Å²) in [5, 5.41) is 8.00. The number of ether oxygens (including phenoxy) is 1. The summed E-state index contributed by atoms with van der Waals surface area (Å²) in [6.45, 7) is 0. The summed E-state index contributed by atoms with van der Waals surface area (Å²) in [4.78, 5) is 3.83. The topological polar surface area (TPSA) is 94.1 Å². The highest BCUT2D eigenvalue weighted by Crippen LogP contribution is 2.27. The average Bonchev–Trinajstić information content (AvgIpc) is 3.02. The van der Waals surface area contributed by atoms with Crippen LogP contribution in [0.15, 0.2) is 53.6 Å². The Labute approximate surface area is 149 Å². The van der Waals surface area contributed by atoms with E-state index in [-0.39, 0.29) is 10.0 Å². The van der Waals surface area contributed by atoms with Gasteiger partial charge in [0.2, 0.25) is 5.13 Å². The monoisotopic (exact) mass is 402 g/mol. The molecule has 0 saturated heterocycles. The van der Waals surface area contributed by atoms with Crippen LogP contribution in [0.2, 0.25) is 0 Å². The van der Waals surface area contributed by atoms with Crippen LogP contribution in [0.5, 0.6) is 5.75 Å². The van der Waals surface area contributed by atoms with Crippen molar-refractivity contribution in [2.45, 2.75) is 11.3 Å². The van der Waals surface area contributed by atoms with Gasteiger partial charge in [-0.2, -0.15) is 0 Å². The van der Waals surface area contributed by atoms with Crippen LogP contribution in [-0.4, -0.2) is 30.0 Å². The predicted octanol–water partition coefficient (Wildman–Crippen LogP) is 3.30. The fourth-order valence-electron chi connectivity index (χ4n) is 1.85. The Morgan fingerprint density at radius 2 is 1.77 bits per heavy atom. The predicted molar refractivity (Wildman–Crippen MR) is 87.1 cm³/mol. The van der Waals surface area contributed by atoms with E-state index in [0.717, 1.165) is 35.6 Å². The summed E-state index contributed by atoms with van der Waals surface area (Å²) in [6.07, 6.45) is -3.29. The Hall–Kier alpha value is -2.73. The van der Waals surface area contributed by atoms with Crippen molar-refractivity contribution in [3.63, 3.8) is 0 Å². The Morgan fingerprint density at radius 1 is 1.04 bits per heavy atom. The molecule has 0 bridgehead atoms. The van der Waals surface area contributed by atoms with Crippen molar-refractivity contribution in [3.05, 3.63) is 48.7 Å². The molecule has 3 aromatic rings. The lowest BCUT2D eigenvalue weighted by Gasteiger charge is -2.09. The van der Waals surface area contributed by atoms with Gasteiger partial charge in [0.05, 0.1) is 4.90 Å². The number of sulfonamides is 1. The van der Waals surface area contributed by atoms with E-state index in [4.69, 9.17) is 0 Å². The van der Waals surface area contributed by atoms with Gasteiger partial charge in [0.15, 0.2) is 5.01 Å². The molecule has 136 valence electrons. The Kier molecular flexibility index (Phi) is 4.78. The van der Waals surface area contributed by atoms with Crippen molar-refractivity contribution in [2.24, 2.45) is 0 Å². The van der Waals surface area contributed by atoms with Crippen molar-refractivity contribution in [1.82, 2.24) is 15.2 Å². The molecular weight excluding hydrogens is 393 g/mol. The molecular formula is C14H9F3N4O3S2. The van der Waals surface area contributed by atoms with E-state index < -0.39 is 22.1 Å². The van der Waals surface area contributed by atoms with E-state index in [9.17, 15) is 21.6 Å². The van der Waals surface area contributed by atoms with Crippen LogP contribution in [0.4, 0.5) is 18.3 Å². The van der Waals surface area contributed by atoms with Crippen LogP contribution in [-0.2, 0) is 10.0 Å². The standard InChI is InChI=1S/C14H9F3N4O3S2/c15-14(16,17)24-9-4-6-10(7-5-9)26(22,23)21-13-20-19-12(25-13)11-3-1-2-8-18-11/h1-8H,(H,20,21). The van der Waals surface area contributed by atoms with Gasteiger partial charge in [-0.3, -0.25) is 9.71 Å². The third kappa shape index (κ3) is 4.46. The number of nitrogens with zero attached hydrogens (tertiary/aromatic N) is 3. The number of anilines is 1. The third-order valence-corrected chi connectivity index (χ3v) is 5.24. The van der Waals surface area contributed by atoms with Crippen LogP contribution >= 0.6 is 11.3 Å². The maximum absolute atomic E-state index is 12.3. The summed E-state index contributed by atoms with van der Waals surface area (Å²) < 4.78 is 66.9. The van der Waals surface area contributed by atoms with E-state index in [0.29, 0.717) is 10.7 Å². The molecule has 0 aliphatic carbocycles. The van der Waals surface area contributed by atoms with Gasteiger partial charge in [-0.1, -0.05) is 17.4 Å². The molecule has 0 atom stereocenters. The van der Waals surface area contributed by atoms with Gasteiger partial charge in [0.25, 0.3) is 10.0 Å². The molecule has 7 nitrogen and oxygen atoms in total. The van der Waals surface area contributed by atoms with Crippen molar-refractivity contribution >= 4 is 26.5 Å². The first-order valence-electron chi connectivity index (χ1n) is 6.86. The maximum Gasteiger partial charge on any atom is 0.573 e. The SMILES string of the molecule is O=S(=O)(Nc1nnc(-c2ccccn2)s1)c1ccc(OC(F)(F)F)cc1. The molecule has 1 N–H and O–H groups in total. The van der Waals surface area contributed by atoms with Gasteiger partial charge >= 0.3 is 6.36 Å². The van der Waals surface area contributed by atoms with Crippen LogP contribution in [0, 0.1) is 0 Å². The Morgan fingerprint density at radius 3 is 2.38 bits per heavy atom.